The van der Waals surface area contributed by atoms with E-state index >= 15 is 0 Å². The van der Waals surface area contributed by atoms with E-state index in [0.29, 0.717) is 18.0 Å². The van der Waals surface area contributed by atoms with Crippen molar-refractivity contribution < 1.29 is 14.1 Å². The fraction of sp³-hybridized carbons (Fsp3) is 0.733. The van der Waals surface area contributed by atoms with Crippen molar-refractivity contribution in [2.75, 3.05) is 33.3 Å². The highest BCUT2D eigenvalue weighted by Crippen LogP contribution is 2.24. The number of aromatic nitrogens is 1. The molecule has 6 heteroatoms. The summed E-state index contributed by atoms with van der Waals surface area (Å²) in [7, 11) is 1.71. The van der Waals surface area contributed by atoms with Gasteiger partial charge in [-0.3, -0.25) is 4.79 Å². The topological polar surface area (TPSA) is 58.8 Å². The molecule has 116 valence electrons. The van der Waals surface area contributed by atoms with Gasteiger partial charge in [0.15, 0.2) is 5.69 Å². The standard InChI is InChI=1S/C15H23N3O3/c1-11-7-14(16-21-11)15(19)18-10-13(20-2)8-12(18)9-17-5-3-4-6-17/h7,12-13H,3-6,8-10H2,1-2H3/t12-,13-/m0/s1. The molecular formula is C15H23N3O3. The molecular weight excluding hydrogens is 270 g/mol. The predicted molar refractivity (Wildman–Crippen MR) is 77.2 cm³/mol. The molecule has 2 fully saturated rings. The first kappa shape index (κ1) is 14.5. The van der Waals surface area contributed by atoms with Gasteiger partial charge in [0.2, 0.25) is 0 Å². The predicted octanol–water partition coefficient (Wildman–Crippen LogP) is 1.31. The second-order valence-electron chi connectivity index (χ2n) is 6.04. The molecule has 3 heterocycles. The van der Waals surface area contributed by atoms with Crippen LogP contribution in [-0.4, -0.2) is 66.3 Å². The van der Waals surface area contributed by atoms with Crippen LogP contribution in [0.15, 0.2) is 10.6 Å². The van der Waals surface area contributed by atoms with Crippen LogP contribution < -0.4 is 0 Å². The number of carbonyl (C=O) groups is 1. The van der Waals surface area contributed by atoms with Crippen LogP contribution in [0.1, 0.15) is 35.5 Å². The fourth-order valence-electron chi connectivity index (χ4n) is 3.34. The number of ether oxygens (including phenoxy) is 1. The molecule has 2 atom stereocenters. The van der Waals surface area contributed by atoms with Crippen LogP contribution in [0.2, 0.25) is 0 Å². The maximum atomic E-state index is 12.6. The smallest absolute Gasteiger partial charge is 0.276 e. The van der Waals surface area contributed by atoms with Gasteiger partial charge in [-0.15, -0.1) is 0 Å². The Kier molecular flexibility index (Phi) is 4.26. The first-order valence-electron chi connectivity index (χ1n) is 7.67. The minimum absolute atomic E-state index is 0.0457. The third-order valence-corrected chi connectivity index (χ3v) is 4.48. The molecule has 0 radical (unpaired) electrons. The van der Waals surface area contributed by atoms with E-state index in [2.05, 4.69) is 10.1 Å². The van der Waals surface area contributed by atoms with Crippen molar-refractivity contribution in [3.63, 3.8) is 0 Å². The maximum absolute atomic E-state index is 12.6. The van der Waals surface area contributed by atoms with E-state index in [-0.39, 0.29) is 18.1 Å². The highest BCUT2D eigenvalue weighted by molar-refractivity contribution is 5.92. The summed E-state index contributed by atoms with van der Waals surface area (Å²) in [6.45, 7) is 5.65. The summed E-state index contributed by atoms with van der Waals surface area (Å²) in [5, 5.41) is 3.86. The van der Waals surface area contributed by atoms with Crippen molar-refractivity contribution in [2.45, 2.75) is 38.3 Å². The Bertz CT molecular complexity index is 496. The van der Waals surface area contributed by atoms with Gasteiger partial charge >= 0.3 is 0 Å². The van der Waals surface area contributed by atoms with E-state index in [1.54, 1.807) is 20.1 Å². The number of carbonyl (C=O) groups excluding carboxylic acids is 1. The quantitative estimate of drug-likeness (QED) is 0.837. The lowest BCUT2D eigenvalue weighted by Gasteiger charge is -2.27. The summed E-state index contributed by atoms with van der Waals surface area (Å²) >= 11 is 0. The van der Waals surface area contributed by atoms with Gasteiger partial charge in [0.25, 0.3) is 5.91 Å². The van der Waals surface area contributed by atoms with Crippen LogP contribution in [0.4, 0.5) is 0 Å². The molecule has 2 aliphatic heterocycles. The SMILES string of the molecule is CO[C@H]1C[C@@H](CN2CCCC2)N(C(=O)c2cc(C)on2)C1. The van der Waals surface area contributed by atoms with Crippen molar-refractivity contribution in [1.82, 2.24) is 15.0 Å². The lowest BCUT2D eigenvalue weighted by molar-refractivity contribution is 0.0660. The molecule has 0 saturated carbocycles. The van der Waals surface area contributed by atoms with Gasteiger partial charge < -0.3 is 19.1 Å². The molecule has 21 heavy (non-hydrogen) atoms. The summed E-state index contributed by atoms with van der Waals surface area (Å²) in [6.07, 6.45) is 3.54. The Labute approximate surface area is 125 Å². The second kappa shape index (κ2) is 6.15. The van der Waals surface area contributed by atoms with E-state index in [1.807, 2.05) is 4.90 Å². The van der Waals surface area contributed by atoms with Crippen LogP contribution in [0, 0.1) is 6.92 Å². The third-order valence-electron chi connectivity index (χ3n) is 4.48. The monoisotopic (exact) mass is 293 g/mol. The summed E-state index contributed by atoms with van der Waals surface area (Å²) in [4.78, 5) is 17.0. The van der Waals surface area contributed by atoms with Crippen LogP contribution in [0.5, 0.6) is 0 Å². The Hall–Kier alpha value is -1.40. The molecule has 0 N–H and O–H groups in total. The molecule has 0 unspecified atom stereocenters. The van der Waals surface area contributed by atoms with Crippen LogP contribution in [0.3, 0.4) is 0 Å². The van der Waals surface area contributed by atoms with Crippen LogP contribution >= 0.6 is 0 Å². The zero-order valence-corrected chi connectivity index (χ0v) is 12.7. The van der Waals surface area contributed by atoms with Gasteiger partial charge in [0.1, 0.15) is 5.76 Å². The number of amides is 1. The molecule has 1 aromatic rings. The van der Waals surface area contributed by atoms with Gasteiger partial charge in [-0.2, -0.15) is 0 Å². The molecule has 0 aromatic carbocycles. The Morgan fingerprint density at radius 3 is 2.86 bits per heavy atom. The zero-order chi connectivity index (χ0) is 14.8. The molecule has 0 aliphatic carbocycles. The maximum Gasteiger partial charge on any atom is 0.276 e. The number of methoxy groups -OCH3 is 1. The number of aryl methyl sites for hydroxylation is 1. The Balaban J connectivity index is 1.71. The molecule has 6 nitrogen and oxygen atoms in total. The largest absolute Gasteiger partial charge is 0.380 e. The molecule has 0 spiro atoms. The van der Waals surface area contributed by atoms with Crippen LogP contribution in [0.25, 0.3) is 0 Å². The average molecular weight is 293 g/mol. The van der Waals surface area contributed by atoms with Gasteiger partial charge in [-0.1, -0.05) is 5.16 Å². The fourth-order valence-corrected chi connectivity index (χ4v) is 3.34. The van der Waals surface area contributed by atoms with Gasteiger partial charge in [0, 0.05) is 32.3 Å². The number of hydrogen-bond acceptors (Lipinski definition) is 5. The Morgan fingerprint density at radius 1 is 1.48 bits per heavy atom. The molecule has 2 saturated heterocycles. The minimum Gasteiger partial charge on any atom is -0.380 e. The summed E-state index contributed by atoms with van der Waals surface area (Å²) in [6, 6.07) is 1.91. The molecule has 3 rings (SSSR count). The van der Waals surface area contributed by atoms with Crippen molar-refractivity contribution in [3.8, 4) is 0 Å². The summed E-state index contributed by atoms with van der Waals surface area (Å²) in [5.74, 6) is 0.618. The lowest BCUT2D eigenvalue weighted by atomic mass is 10.2. The van der Waals surface area contributed by atoms with E-state index in [4.69, 9.17) is 9.26 Å². The number of hydrogen-bond donors (Lipinski definition) is 0. The number of rotatable bonds is 4. The van der Waals surface area contributed by atoms with E-state index in [9.17, 15) is 4.79 Å². The normalized spacial score (nSPS) is 26.7. The number of likely N-dealkylation sites (tertiary alicyclic amines) is 2. The molecule has 0 bridgehead atoms. The van der Waals surface area contributed by atoms with Crippen molar-refractivity contribution in [1.29, 1.82) is 0 Å². The Morgan fingerprint density at radius 2 is 2.24 bits per heavy atom. The number of nitrogens with zero attached hydrogens (tertiary/aromatic N) is 3. The van der Waals surface area contributed by atoms with Crippen LogP contribution in [-0.2, 0) is 4.74 Å². The summed E-state index contributed by atoms with van der Waals surface area (Å²) < 4.78 is 10.5. The lowest BCUT2D eigenvalue weighted by Crippen LogP contribution is -2.42. The van der Waals surface area contributed by atoms with Gasteiger partial charge in [-0.05, 0) is 39.3 Å². The van der Waals surface area contributed by atoms with E-state index < -0.39 is 0 Å². The van der Waals surface area contributed by atoms with E-state index in [1.165, 1.54) is 12.8 Å². The van der Waals surface area contributed by atoms with Crippen molar-refractivity contribution in [3.05, 3.63) is 17.5 Å². The van der Waals surface area contributed by atoms with Crippen molar-refractivity contribution >= 4 is 5.91 Å². The molecule has 2 aliphatic rings. The summed E-state index contributed by atoms with van der Waals surface area (Å²) in [5.41, 5.74) is 0.399. The van der Waals surface area contributed by atoms with Gasteiger partial charge in [0.05, 0.1) is 6.10 Å². The second-order valence-corrected chi connectivity index (χ2v) is 6.04. The van der Waals surface area contributed by atoms with Gasteiger partial charge in [-0.25, -0.2) is 0 Å². The first-order chi connectivity index (χ1) is 10.2. The minimum atomic E-state index is -0.0457. The van der Waals surface area contributed by atoms with Crippen molar-refractivity contribution in [2.24, 2.45) is 0 Å². The zero-order valence-electron chi connectivity index (χ0n) is 12.7. The molecule has 1 amide bonds. The first-order valence-corrected chi connectivity index (χ1v) is 7.67. The molecule has 1 aromatic heterocycles. The highest BCUT2D eigenvalue weighted by Gasteiger charge is 2.37. The van der Waals surface area contributed by atoms with E-state index in [0.717, 1.165) is 26.1 Å². The third kappa shape index (κ3) is 3.11. The highest BCUT2D eigenvalue weighted by atomic mass is 16.5. The average Bonchev–Trinajstić information content (AvgIpc) is 3.19.